The first-order valence-electron chi connectivity index (χ1n) is 20.6. The Bertz CT molecular complexity index is 2460. The molecule has 0 spiro atoms. The van der Waals surface area contributed by atoms with Crippen LogP contribution in [0.3, 0.4) is 0 Å². The molecule has 3 nitrogen and oxygen atoms in total. The van der Waals surface area contributed by atoms with Crippen LogP contribution in [0.2, 0.25) is 0 Å². The van der Waals surface area contributed by atoms with E-state index in [0.717, 1.165) is 58.5 Å². The van der Waals surface area contributed by atoms with Gasteiger partial charge in [-0.1, -0.05) is 195 Å². The Morgan fingerprint density at radius 1 is 0.644 bits per heavy atom. The van der Waals surface area contributed by atoms with Crippen LogP contribution in [0.4, 0.5) is 0 Å². The van der Waals surface area contributed by atoms with Crippen molar-refractivity contribution in [2.24, 2.45) is 5.92 Å². The molecule has 0 radical (unpaired) electrons. The lowest BCUT2D eigenvalue weighted by Gasteiger charge is -2.22. The Morgan fingerprint density at radius 2 is 1.29 bits per heavy atom. The number of benzene rings is 4. The van der Waals surface area contributed by atoms with E-state index < -0.39 is 0 Å². The molecular weight excluding hydrogens is 715 g/mol. The highest BCUT2D eigenvalue weighted by Crippen LogP contribution is 2.37. The van der Waals surface area contributed by atoms with E-state index >= 15 is 0 Å². The molecule has 7 rings (SSSR count). The lowest BCUT2D eigenvalue weighted by molar-refractivity contribution is 0.931. The van der Waals surface area contributed by atoms with E-state index in [1.165, 1.54) is 33.4 Å². The van der Waals surface area contributed by atoms with Gasteiger partial charge in [-0.2, -0.15) is 0 Å². The number of aryl methyl sites for hydroxylation is 1. The first-order chi connectivity index (χ1) is 29.1. The van der Waals surface area contributed by atoms with Gasteiger partial charge in [0.2, 0.25) is 0 Å². The number of hydrogen-bond acceptors (Lipinski definition) is 3. The van der Waals surface area contributed by atoms with Crippen LogP contribution in [0.5, 0.6) is 0 Å². The third-order valence-corrected chi connectivity index (χ3v) is 10.5. The van der Waals surface area contributed by atoms with Gasteiger partial charge < -0.3 is 0 Å². The van der Waals surface area contributed by atoms with E-state index in [0.29, 0.717) is 5.82 Å². The van der Waals surface area contributed by atoms with E-state index in [1.807, 2.05) is 37.4 Å². The molecule has 0 bridgehead atoms. The van der Waals surface area contributed by atoms with Crippen LogP contribution in [-0.4, -0.2) is 15.0 Å². The molecule has 1 aliphatic rings. The minimum atomic E-state index is 0.0624. The molecule has 3 heteroatoms. The molecule has 0 fully saturated rings. The monoisotopic (exact) mass is 765 g/mol. The summed E-state index contributed by atoms with van der Waals surface area (Å²) in [6, 6.07) is 42.8. The Kier molecular flexibility index (Phi) is 13.9. The number of aromatic nitrogens is 3. The topological polar surface area (TPSA) is 38.7 Å². The average molecular weight is 766 g/mol. The summed E-state index contributed by atoms with van der Waals surface area (Å²) in [5, 5.41) is 0. The van der Waals surface area contributed by atoms with Crippen molar-refractivity contribution in [3.63, 3.8) is 0 Å². The van der Waals surface area contributed by atoms with Crippen LogP contribution in [0, 0.1) is 5.92 Å². The van der Waals surface area contributed by atoms with E-state index in [2.05, 4.69) is 195 Å². The predicted molar refractivity (Wildman–Crippen MR) is 251 cm³/mol. The van der Waals surface area contributed by atoms with Gasteiger partial charge in [-0.15, -0.1) is 0 Å². The van der Waals surface area contributed by atoms with Gasteiger partial charge in [0.25, 0.3) is 0 Å². The maximum atomic E-state index is 5.31. The van der Waals surface area contributed by atoms with Gasteiger partial charge in [0, 0.05) is 35.0 Å². The minimum absolute atomic E-state index is 0.0624. The highest BCUT2D eigenvalue weighted by Gasteiger charge is 2.19. The number of rotatable bonds is 14. The van der Waals surface area contributed by atoms with Crippen LogP contribution >= 0.6 is 0 Å². The van der Waals surface area contributed by atoms with E-state index in [-0.39, 0.29) is 5.92 Å². The second-order valence-corrected chi connectivity index (χ2v) is 14.6. The summed E-state index contributed by atoms with van der Waals surface area (Å²) in [6.07, 6.45) is 34.6. The molecule has 0 saturated carbocycles. The second-order valence-electron chi connectivity index (χ2n) is 14.6. The average Bonchev–Trinajstić information content (AvgIpc) is 3.30. The molecule has 0 amide bonds. The summed E-state index contributed by atoms with van der Waals surface area (Å²) in [7, 11) is 0. The highest BCUT2D eigenvalue weighted by molar-refractivity contribution is 5.81. The van der Waals surface area contributed by atoms with Gasteiger partial charge in [0.1, 0.15) is 0 Å². The zero-order chi connectivity index (χ0) is 40.7. The van der Waals surface area contributed by atoms with E-state index in [1.54, 1.807) is 6.20 Å². The third-order valence-electron chi connectivity index (χ3n) is 10.5. The molecule has 1 unspecified atom stereocenters. The predicted octanol–water partition coefficient (Wildman–Crippen LogP) is 14.7. The van der Waals surface area contributed by atoms with Crippen LogP contribution in [-0.2, 0) is 6.42 Å². The first kappa shape index (κ1) is 40.2. The fourth-order valence-corrected chi connectivity index (χ4v) is 7.52. The van der Waals surface area contributed by atoms with Crippen molar-refractivity contribution in [2.75, 3.05) is 0 Å². The molecule has 2 heterocycles. The number of pyridine rings is 1. The fraction of sp³-hybridized carbons (Fsp3) is 0.125. The fourth-order valence-electron chi connectivity index (χ4n) is 7.52. The zero-order valence-corrected chi connectivity index (χ0v) is 34.2. The Balaban J connectivity index is 1.30. The Morgan fingerprint density at radius 3 is 1.95 bits per heavy atom. The number of allylic oxidation sites excluding steroid dienone is 16. The van der Waals surface area contributed by atoms with E-state index in [4.69, 9.17) is 9.97 Å². The summed E-state index contributed by atoms with van der Waals surface area (Å²) in [5.41, 5.74) is 14.7. The number of hydrogen-bond donors (Lipinski definition) is 0. The van der Waals surface area contributed by atoms with Crippen LogP contribution in [0.1, 0.15) is 50.6 Å². The van der Waals surface area contributed by atoms with Gasteiger partial charge in [0.05, 0.1) is 11.4 Å². The smallest absolute Gasteiger partial charge is 0.160 e. The van der Waals surface area contributed by atoms with Crippen molar-refractivity contribution in [1.82, 2.24) is 15.0 Å². The Hall–Kier alpha value is -6.97. The van der Waals surface area contributed by atoms with Gasteiger partial charge in [-0.25, -0.2) is 9.97 Å². The first-order valence-corrected chi connectivity index (χ1v) is 20.6. The summed E-state index contributed by atoms with van der Waals surface area (Å²) in [5.74, 6) is 0.756. The SMILES string of the molecule is C\C=C/C=C\C=C\CCc1ccccc1/C(=C1/C=CC=CC1)C(C)/C=C(\C=C/C)c1nc(-c2ccc(-c3ccccc3)cc2)cc(-c2ccc(-c3cccnc3)cc2)n1. The third kappa shape index (κ3) is 10.5. The molecule has 0 aliphatic heterocycles. The van der Waals surface area contributed by atoms with Crippen molar-refractivity contribution in [3.8, 4) is 44.8 Å². The van der Waals surface area contributed by atoms with Crippen molar-refractivity contribution < 1.29 is 0 Å². The lowest BCUT2D eigenvalue weighted by Crippen LogP contribution is -2.06. The molecule has 290 valence electrons. The molecule has 0 saturated heterocycles. The molecule has 6 aromatic rings. The van der Waals surface area contributed by atoms with Crippen molar-refractivity contribution in [2.45, 2.75) is 40.0 Å². The minimum Gasteiger partial charge on any atom is -0.264 e. The molecule has 0 N–H and O–H groups in total. The number of nitrogens with zero attached hydrogens (tertiary/aromatic N) is 3. The summed E-state index contributed by atoms with van der Waals surface area (Å²) in [4.78, 5) is 14.9. The van der Waals surface area contributed by atoms with E-state index in [9.17, 15) is 0 Å². The second kappa shape index (κ2) is 20.5. The summed E-state index contributed by atoms with van der Waals surface area (Å²) >= 11 is 0. The quantitative estimate of drug-likeness (QED) is 0.104. The highest BCUT2D eigenvalue weighted by atomic mass is 14.9. The molecule has 2 aromatic heterocycles. The molecule has 59 heavy (non-hydrogen) atoms. The van der Waals surface area contributed by atoms with Gasteiger partial charge in [0.15, 0.2) is 5.82 Å². The van der Waals surface area contributed by atoms with Crippen molar-refractivity contribution in [3.05, 3.63) is 235 Å². The van der Waals surface area contributed by atoms with Gasteiger partial charge in [-0.05, 0) is 89.8 Å². The largest absolute Gasteiger partial charge is 0.264 e. The zero-order valence-electron chi connectivity index (χ0n) is 34.2. The van der Waals surface area contributed by atoms with Gasteiger partial charge >= 0.3 is 0 Å². The van der Waals surface area contributed by atoms with Crippen LogP contribution < -0.4 is 0 Å². The molecule has 1 aliphatic carbocycles. The van der Waals surface area contributed by atoms with Crippen LogP contribution in [0.15, 0.2) is 218 Å². The maximum Gasteiger partial charge on any atom is 0.160 e. The van der Waals surface area contributed by atoms with Gasteiger partial charge in [-0.3, -0.25) is 4.98 Å². The summed E-state index contributed by atoms with van der Waals surface area (Å²) in [6.45, 7) is 6.40. The van der Waals surface area contributed by atoms with Crippen molar-refractivity contribution in [1.29, 1.82) is 0 Å². The lowest BCUT2D eigenvalue weighted by atomic mass is 9.83. The molecule has 4 aromatic carbocycles. The summed E-state index contributed by atoms with van der Waals surface area (Å²) < 4.78 is 0. The maximum absolute atomic E-state index is 5.31. The van der Waals surface area contributed by atoms with Crippen LogP contribution in [0.25, 0.3) is 55.9 Å². The molecular formula is C56H51N3. The molecule has 1 atom stereocenters. The Labute approximate surface area is 350 Å². The standard InChI is InChI=1S/C56H51N3/c1-4-6-7-8-9-10-13-24-46-25-18-19-29-52(46)55(49-26-16-12-17-27-49)42(3)39-50(21-5-2)56-58-53(47-34-30-44(31-35-47)43-22-14-11-15-23-43)40-54(59-56)48-36-32-45(33-37-48)51-28-20-38-57-41-51/h4-12,14-23,25-26,28-42H,13,24,27H2,1-3H3/b6-4-,8-7-,10-9+,21-5-,50-39+,55-49-. The van der Waals surface area contributed by atoms with Crippen molar-refractivity contribution >= 4 is 11.1 Å². The normalized spacial score (nSPS) is 14.6.